The van der Waals surface area contributed by atoms with E-state index in [-0.39, 0.29) is 12.2 Å². The first kappa shape index (κ1) is 12.1. The molecule has 0 amide bonds. The van der Waals surface area contributed by atoms with Gasteiger partial charge in [0.25, 0.3) is 0 Å². The highest BCUT2D eigenvalue weighted by Crippen LogP contribution is 2.12. The molecule has 1 N–H and O–H groups in total. The van der Waals surface area contributed by atoms with Crippen LogP contribution >= 0.6 is 12.6 Å². The predicted octanol–water partition coefficient (Wildman–Crippen LogP) is 1.20. The molecule has 0 aromatic rings. The number of nitrogens with zero attached hydrogens (tertiary/aromatic N) is 1. The Hall–Kier alpha value is -0.940. The fourth-order valence-electron chi connectivity index (χ4n) is 0.750. The Kier molecular flexibility index (Phi) is 5.25. The van der Waals surface area contributed by atoms with Gasteiger partial charge in [0.05, 0.1) is 13.7 Å². The number of esters is 1. The third-order valence-electron chi connectivity index (χ3n) is 1.28. The van der Waals surface area contributed by atoms with E-state index in [4.69, 9.17) is 0 Å². The minimum Gasteiger partial charge on any atom is -0.464 e. The van der Waals surface area contributed by atoms with Gasteiger partial charge in [-0.05, 0) is 6.92 Å². The standard InChI is InChI=1S/C8H13NO3S/c1-4-5-9(11)7(6(2)13)8(10)12-3/h4,11,13H,1,5H2,2-3H3/b7-6-. The summed E-state index contributed by atoms with van der Waals surface area (Å²) >= 11 is 3.96. The van der Waals surface area contributed by atoms with Gasteiger partial charge >= 0.3 is 5.97 Å². The van der Waals surface area contributed by atoms with Crippen LogP contribution in [0.4, 0.5) is 0 Å². The predicted molar refractivity (Wildman–Crippen MR) is 52.4 cm³/mol. The molecule has 0 aliphatic carbocycles. The Morgan fingerprint density at radius 2 is 2.31 bits per heavy atom. The van der Waals surface area contributed by atoms with Crippen molar-refractivity contribution in [1.29, 1.82) is 0 Å². The number of thiol groups is 1. The number of methoxy groups -OCH3 is 1. The summed E-state index contributed by atoms with van der Waals surface area (Å²) in [6.07, 6.45) is 1.46. The summed E-state index contributed by atoms with van der Waals surface area (Å²) in [5.74, 6) is -0.628. The van der Waals surface area contributed by atoms with E-state index < -0.39 is 5.97 Å². The van der Waals surface area contributed by atoms with Crippen molar-refractivity contribution in [3.05, 3.63) is 23.3 Å². The van der Waals surface area contributed by atoms with E-state index in [0.717, 1.165) is 5.06 Å². The number of allylic oxidation sites excluding steroid dienone is 1. The maximum absolute atomic E-state index is 11.1. The number of rotatable bonds is 4. The van der Waals surface area contributed by atoms with Crippen molar-refractivity contribution in [2.24, 2.45) is 0 Å². The average molecular weight is 203 g/mol. The first-order chi connectivity index (χ1) is 6.04. The van der Waals surface area contributed by atoms with Crippen LogP contribution in [0.25, 0.3) is 0 Å². The molecule has 0 aromatic heterocycles. The molecule has 74 valence electrons. The second-order valence-corrected chi connectivity index (χ2v) is 2.97. The van der Waals surface area contributed by atoms with Gasteiger partial charge in [-0.3, -0.25) is 5.21 Å². The van der Waals surface area contributed by atoms with Gasteiger partial charge in [-0.15, -0.1) is 19.2 Å². The van der Waals surface area contributed by atoms with Gasteiger partial charge in [-0.25, -0.2) is 9.86 Å². The summed E-state index contributed by atoms with van der Waals surface area (Å²) in [4.78, 5) is 11.5. The highest BCUT2D eigenvalue weighted by Gasteiger charge is 2.17. The van der Waals surface area contributed by atoms with Crippen LogP contribution in [0.5, 0.6) is 0 Å². The number of hydrogen-bond donors (Lipinski definition) is 2. The van der Waals surface area contributed by atoms with Crippen LogP contribution in [-0.4, -0.2) is 29.9 Å². The lowest BCUT2D eigenvalue weighted by atomic mass is 10.4. The lowest BCUT2D eigenvalue weighted by molar-refractivity contribution is -0.144. The molecule has 0 radical (unpaired) electrons. The Morgan fingerprint density at radius 1 is 1.77 bits per heavy atom. The summed E-state index contributed by atoms with van der Waals surface area (Å²) in [7, 11) is 1.24. The van der Waals surface area contributed by atoms with Crippen molar-refractivity contribution in [2.75, 3.05) is 13.7 Å². The zero-order valence-corrected chi connectivity index (χ0v) is 8.54. The molecule has 0 fully saturated rings. The SMILES string of the molecule is C=CCN(O)/C(C(=O)OC)=C(/C)S. The molecule has 5 heteroatoms. The monoisotopic (exact) mass is 203 g/mol. The largest absolute Gasteiger partial charge is 0.464 e. The van der Waals surface area contributed by atoms with E-state index in [0.29, 0.717) is 4.91 Å². The summed E-state index contributed by atoms with van der Waals surface area (Å²) in [6.45, 7) is 5.15. The molecule has 0 heterocycles. The van der Waals surface area contributed by atoms with Crippen molar-refractivity contribution in [3.63, 3.8) is 0 Å². The first-order valence-corrected chi connectivity index (χ1v) is 4.04. The van der Waals surface area contributed by atoms with Gasteiger partial charge in [0, 0.05) is 4.91 Å². The molecule has 0 aliphatic rings. The first-order valence-electron chi connectivity index (χ1n) is 3.60. The summed E-state index contributed by atoms with van der Waals surface area (Å²) < 4.78 is 4.46. The van der Waals surface area contributed by atoms with E-state index in [1.807, 2.05) is 0 Å². The van der Waals surface area contributed by atoms with Crippen LogP contribution in [0, 0.1) is 0 Å². The zero-order valence-electron chi connectivity index (χ0n) is 7.65. The maximum Gasteiger partial charge on any atom is 0.357 e. The van der Waals surface area contributed by atoms with Crippen molar-refractivity contribution in [3.8, 4) is 0 Å². The lowest BCUT2D eigenvalue weighted by Crippen LogP contribution is -2.26. The Bertz CT molecular complexity index is 234. The maximum atomic E-state index is 11.1. The van der Waals surface area contributed by atoms with Crippen molar-refractivity contribution < 1.29 is 14.7 Å². The Labute approximate surface area is 82.9 Å². The normalized spacial score (nSPS) is 11.7. The lowest BCUT2D eigenvalue weighted by Gasteiger charge is -2.17. The minimum absolute atomic E-state index is 0.0192. The third-order valence-corrected chi connectivity index (χ3v) is 1.49. The molecule has 0 rings (SSSR count). The second-order valence-electron chi connectivity index (χ2n) is 2.30. The highest BCUT2D eigenvalue weighted by atomic mass is 32.1. The third kappa shape index (κ3) is 3.52. The molecule has 0 spiro atoms. The molecule has 0 saturated heterocycles. The van der Waals surface area contributed by atoms with E-state index in [2.05, 4.69) is 23.9 Å². The van der Waals surface area contributed by atoms with Crippen LogP contribution in [0.3, 0.4) is 0 Å². The quantitative estimate of drug-likeness (QED) is 0.237. The topological polar surface area (TPSA) is 49.8 Å². The molecule has 13 heavy (non-hydrogen) atoms. The second kappa shape index (κ2) is 5.66. The van der Waals surface area contributed by atoms with E-state index in [9.17, 15) is 10.0 Å². The number of carbonyl (C=O) groups is 1. The minimum atomic E-state index is -0.628. The summed E-state index contributed by atoms with van der Waals surface area (Å²) in [5.41, 5.74) is 0.0192. The molecule has 0 bridgehead atoms. The highest BCUT2D eigenvalue weighted by molar-refractivity contribution is 7.84. The zero-order chi connectivity index (χ0) is 10.4. The number of ether oxygens (including phenoxy) is 1. The van der Waals surface area contributed by atoms with Crippen LogP contribution in [0.2, 0.25) is 0 Å². The number of carbonyl (C=O) groups excluding carboxylic acids is 1. The molecular weight excluding hydrogens is 190 g/mol. The van der Waals surface area contributed by atoms with Crippen LogP contribution in [-0.2, 0) is 9.53 Å². The number of hydroxylamine groups is 2. The average Bonchev–Trinajstić information content (AvgIpc) is 2.04. The van der Waals surface area contributed by atoms with Gasteiger partial charge in [0.2, 0.25) is 0 Å². The molecule has 0 unspecified atom stereocenters. The van der Waals surface area contributed by atoms with Crippen molar-refractivity contribution in [1.82, 2.24) is 5.06 Å². The fourth-order valence-corrected chi connectivity index (χ4v) is 0.957. The smallest absolute Gasteiger partial charge is 0.357 e. The van der Waals surface area contributed by atoms with Gasteiger partial charge < -0.3 is 4.74 Å². The molecule has 0 atom stereocenters. The molecular formula is C8H13NO3S. The van der Waals surface area contributed by atoms with E-state index in [1.54, 1.807) is 6.92 Å². The Balaban J connectivity index is 4.73. The van der Waals surface area contributed by atoms with Crippen LogP contribution in [0.15, 0.2) is 23.3 Å². The van der Waals surface area contributed by atoms with Crippen molar-refractivity contribution >= 4 is 18.6 Å². The van der Waals surface area contributed by atoms with Crippen LogP contribution in [0.1, 0.15) is 6.92 Å². The molecule has 0 aromatic carbocycles. The molecule has 0 aliphatic heterocycles. The number of hydrogen-bond acceptors (Lipinski definition) is 5. The summed E-state index contributed by atoms with van der Waals surface area (Å²) in [6, 6.07) is 0. The van der Waals surface area contributed by atoms with Gasteiger partial charge in [0.1, 0.15) is 0 Å². The fraction of sp³-hybridized carbons (Fsp3) is 0.375. The Morgan fingerprint density at radius 3 is 2.62 bits per heavy atom. The van der Waals surface area contributed by atoms with Gasteiger partial charge in [-0.1, -0.05) is 6.08 Å². The van der Waals surface area contributed by atoms with Gasteiger partial charge in [-0.2, -0.15) is 0 Å². The van der Waals surface area contributed by atoms with Crippen molar-refractivity contribution in [2.45, 2.75) is 6.92 Å². The van der Waals surface area contributed by atoms with E-state index >= 15 is 0 Å². The van der Waals surface area contributed by atoms with Gasteiger partial charge in [0.15, 0.2) is 5.70 Å². The summed E-state index contributed by atoms with van der Waals surface area (Å²) in [5, 5.41) is 10.1. The molecule has 0 saturated carbocycles. The van der Waals surface area contributed by atoms with E-state index in [1.165, 1.54) is 13.2 Å². The molecule has 4 nitrogen and oxygen atoms in total. The van der Waals surface area contributed by atoms with Crippen LogP contribution < -0.4 is 0 Å².